The first-order valence-electron chi connectivity index (χ1n) is 10.4. The molecule has 5 aromatic rings. The first kappa shape index (κ1) is 18.9. The molecule has 0 unspecified atom stereocenters. The molecule has 30 heavy (non-hydrogen) atoms. The van der Waals surface area contributed by atoms with Gasteiger partial charge in [0.15, 0.2) is 0 Å². The van der Waals surface area contributed by atoms with E-state index in [0.717, 1.165) is 0 Å². The van der Waals surface area contributed by atoms with Gasteiger partial charge in [-0.3, -0.25) is 0 Å². The van der Waals surface area contributed by atoms with E-state index in [4.69, 9.17) is 0 Å². The van der Waals surface area contributed by atoms with Crippen LogP contribution < -0.4 is 17.4 Å². The zero-order valence-corrected chi connectivity index (χ0v) is 18.9. The van der Waals surface area contributed by atoms with Gasteiger partial charge in [-0.2, -0.15) is 0 Å². The summed E-state index contributed by atoms with van der Waals surface area (Å²) in [5, 5.41) is 2.62. The van der Waals surface area contributed by atoms with E-state index in [0.29, 0.717) is 0 Å². The molecule has 0 heterocycles. The van der Waals surface area contributed by atoms with Crippen molar-refractivity contribution in [3.8, 4) is 0 Å². The normalized spacial score (nSPS) is 11.5. The molecule has 0 spiro atoms. The molecule has 0 fully saturated rings. The van der Waals surface area contributed by atoms with Gasteiger partial charge in [-0.25, -0.2) is 0 Å². The number of aryl methyl sites for hydroxylation is 1. The van der Waals surface area contributed by atoms with E-state index in [1.165, 1.54) is 33.7 Å². The summed E-state index contributed by atoms with van der Waals surface area (Å²) in [6.07, 6.45) is 0. The molecule has 0 aromatic heterocycles. The third-order valence-electron chi connectivity index (χ3n) is 5.80. The van der Waals surface area contributed by atoms with Gasteiger partial charge in [-0.15, -0.1) is 0 Å². The Bertz CT molecular complexity index is 1180. The third-order valence-corrected chi connectivity index (χ3v) is 14.8. The zero-order valence-electron chi connectivity index (χ0n) is 17.1. The van der Waals surface area contributed by atoms with Crippen LogP contribution in [-0.2, 0) is 0 Å². The minimum atomic E-state index is -2.92. The molecule has 5 aromatic carbocycles. The molecule has 0 amide bonds. The molecule has 0 N–H and O–H groups in total. The second kappa shape index (κ2) is 7.98. The molecule has 0 saturated heterocycles. The maximum absolute atomic E-state index is 2.92. The third kappa shape index (κ3) is 3.18. The number of benzene rings is 5. The molecule has 5 rings (SSSR count). The van der Waals surface area contributed by atoms with Crippen LogP contribution in [0, 0.1) is 6.92 Å². The molecular formula is C29H24As+. The van der Waals surface area contributed by atoms with Gasteiger partial charge in [0.2, 0.25) is 0 Å². The van der Waals surface area contributed by atoms with Crippen LogP contribution in [-0.4, -0.2) is 13.6 Å². The average molecular weight is 447 g/mol. The van der Waals surface area contributed by atoms with Crippen molar-refractivity contribution < 1.29 is 0 Å². The van der Waals surface area contributed by atoms with Crippen molar-refractivity contribution in [2.75, 3.05) is 0 Å². The summed E-state index contributed by atoms with van der Waals surface area (Å²) in [7, 11) is 0. The Morgan fingerprint density at radius 2 is 0.833 bits per heavy atom. The Kier molecular flexibility index (Phi) is 5.03. The molecule has 144 valence electrons. The Balaban J connectivity index is 1.90. The number of hydrogen-bond donors (Lipinski definition) is 0. The van der Waals surface area contributed by atoms with E-state index in [-0.39, 0.29) is 0 Å². The van der Waals surface area contributed by atoms with E-state index in [1.807, 2.05) is 0 Å². The Labute approximate surface area is 181 Å². The van der Waals surface area contributed by atoms with Crippen LogP contribution in [0.25, 0.3) is 10.8 Å². The van der Waals surface area contributed by atoms with Gasteiger partial charge in [0.05, 0.1) is 0 Å². The monoisotopic (exact) mass is 447 g/mol. The van der Waals surface area contributed by atoms with Crippen molar-refractivity contribution in [1.29, 1.82) is 0 Å². The van der Waals surface area contributed by atoms with Gasteiger partial charge in [-0.05, 0) is 0 Å². The summed E-state index contributed by atoms with van der Waals surface area (Å²) in [6.45, 7) is 2.16. The number of hydrogen-bond acceptors (Lipinski definition) is 0. The van der Waals surface area contributed by atoms with Crippen LogP contribution in [0.15, 0.2) is 127 Å². The minimum absolute atomic E-state index is 1.30. The molecular weight excluding hydrogens is 423 g/mol. The Hall–Kier alpha value is -3.08. The zero-order chi connectivity index (χ0) is 20.4. The van der Waals surface area contributed by atoms with Crippen LogP contribution in [0.4, 0.5) is 0 Å². The summed E-state index contributed by atoms with van der Waals surface area (Å²) >= 11 is -2.92. The van der Waals surface area contributed by atoms with Gasteiger partial charge >= 0.3 is 182 Å². The van der Waals surface area contributed by atoms with Crippen molar-refractivity contribution in [2.24, 2.45) is 0 Å². The quantitative estimate of drug-likeness (QED) is 0.356. The van der Waals surface area contributed by atoms with Gasteiger partial charge in [0.25, 0.3) is 0 Å². The van der Waals surface area contributed by atoms with Crippen molar-refractivity contribution in [3.05, 3.63) is 133 Å². The van der Waals surface area contributed by atoms with E-state index >= 15 is 0 Å². The number of rotatable bonds is 4. The van der Waals surface area contributed by atoms with Crippen molar-refractivity contribution in [2.45, 2.75) is 6.92 Å². The molecule has 0 saturated carbocycles. The summed E-state index contributed by atoms with van der Waals surface area (Å²) < 4.78 is 5.78. The summed E-state index contributed by atoms with van der Waals surface area (Å²) in [4.78, 5) is 0. The fourth-order valence-corrected chi connectivity index (χ4v) is 13.4. The summed E-state index contributed by atoms with van der Waals surface area (Å²) in [5.74, 6) is 0. The summed E-state index contributed by atoms with van der Waals surface area (Å²) in [5.41, 5.74) is 1.30. The molecule has 0 nitrogen and oxygen atoms in total. The predicted molar refractivity (Wildman–Crippen MR) is 132 cm³/mol. The van der Waals surface area contributed by atoms with Gasteiger partial charge in [-0.1, -0.05) is 0 Å². The fraction of sp³-hybridized carbons (Fsp3) is 0.0345. The van der Waals surface area contributed by atoms with Gasteiger partial charge in [0, 0.05) is 0 Å². The average Bonchev–Trinajstić information content (AvgIpc) is 2.82. The van der Waals surface area contributed by atoms with E-state index in [1.54, 1.807) is 0 Å². The number of fused-ring (bicyclic) bond motifs is 1. The SMILES string of the molecule is Cc1ccc2cc([As+](c3ccccc3)(c3ccccc3)c3ccccc3)ccc2c1. The molecule has 0 aliphatic rings. The van der Waals surface area contributed by atoms with Crippen molar-refractivity contribution in [1.82, 2.24) is 0 Å². The van der Waals surface area contributed by atoms with E-state index < -0.39 is 13.6 Å². The molecule has 1 heteroatoms. The first-order valence-corrected chi connectivity index (χ1v) is 14.1. The van der Waals surface area contributed by atoms with Gasteiger partial charge < -0.3 is 0 Å². The second-order valence-corrected chi connectivity index (χ2v) is 14.9. The first-order chi connectivity index (χ1) is 14.8. The molecule has 0 aliphatic carbocycles. The molecule has 0 atom stereocenters. The standard InChI is InChI=1S/C29H24As/c1-23-17-18-25-22-29(20-19-24(25)21-23)30(26-11-5-2-6-12-26,27-13-7-3-8-14-27)28-15-9-4-10-16-28/h2-22H,1H3/q+1. The Morgan fingerprint density at radius 1 is 0.400 bits per heavy atom. The van der Waals surface area contributed by atoms with E-state index in [2.05, 4.69) is 134 Å². The maximum atomic E-state index is 2.44. The summed E-state index contributed by atoms with van der Waals surface area (Å²) in [6, 6.07) is 47.3. The van der Waals surface area contributed by atoms with Crippen LogP contribution >= 0.6 is 0 Å². The van der Waals surface area contributed by atoms with Crippen molar-refractivity contribution >= 4 is 41.7 Å². The molecule has 0 bridgehead atoms. The van der Waals surface area contributed by atoms with E-state index in [9.17, 15) is 0 Å². The predicted octanol–water partition coefficient (Wildman–Crippen LogP) is 4.53. The van der Waals surface area contributed by atoms with Crippen molar-refractivity contribution in [3.63, 3.8) is 0 Å². The molecule has 0 radical (unpaired) electrons. The fourth-order valence-electron chi connectivity index (χ4n) is 4.41. The van der Waals surface area contributed by atoms with Crippen LogP contribution in [0.3, 0.4) is 0 Å². The van der Waals surface area contributed by atoms with Gasteiger partial charge in [0.1, 0.15) is 0 Å². The second-order valence-electron chi connectivity index (χ2n) is 7.71. The molecule has 0 aliphatic heterocycles. The topological polar surface area (TPSA) is 0 Å². The van der Waals surface area contributed by atoms with Crippen LogP contribution in [0.1, 0.15) is 5.56 Å². The van der Waals surface area contributed by atoms with Crippen LogP contribution in [0.5, 0.6) is 0 Å². The van der Waals surface area contributed by atoms with Crippen LogP contribution in [0.2, 0.25) is 0 Å². The Morgan fingerprint density at radius 3 is 1.33 bits per heavy atom.